The predicted octanol–water partition coefficient (Wildman–Crippen LogP) is 1.99. The molecule has 4 rings (SSSR count). The monoisotopic (exact) mass is 446 g/mol. The minimum absolute atomic E-state index is 0.00190. The van der Waals surface area contributed by atoms with Gasteiger partial charge in [0, 0.05) is 6.42 Å². The van der Waals surface area contributed by atoms with E-state index in [0.717, 1.165) is 4.90 Å². The third-order valence-electron chi connectivity index (χ3n) is 5.02. The molecular formula is C24H18N2O7. The number of carbonyl (C=O) groups excluding carboxylic acids is 5. The van der Waals surface area contributed by atoms with E-state index < -0.39 is 42.2 Å². The average molecular weight is 446 g/mol. The number of benzene rings is 2. The molecule has 1 aliphatic heterocycles. The molecule has 0 bridgehead atoms. The highest BCUT2D eigenvalue weighted by Crippen LogP contribution is 2.26. The number of furan rings is 1. The third-order valence-corrected chi connectivity index (χ3v) is 5.02. The van der Waals surface area contributed by atoms with Crippen LogP contribution in [0.15, 0.2) is 77.4 Å². The molecule has 3 aromatic rings. The summed E-state index contributed by atoms with van der Waals surface area (Å²) in [6, 6.07) is 16.6. The molecule has 0 unspecified atom stereocenters. The number of amides is 4. The molecule has 9 heteroatoms. The Morgan fingerprint density at radius 1 is 0.879 bits per heavy atom. The van der Waals surface area contributed by atoms with Gasteiger partial charge in [-0.2, -0.15) is 0 Å². The number of carbonyl (C=O) groups is 5. The van der Waals surface area contributed by atoms with Crippen LogP contribution in [0.4, 0.5) is 0 Å². The maximum Gasteiger partial charge on any atom is 0.330 e. The molecule has 1 atom stereocenters. The Hall–Kier alpha value is -4.53. The zero-order valence-electron chi connectivity index (χ0n) is 17.2. The Kier molecular flexibility index (Phi) is 6.12. The summed E-state index contributed by atoms with van der Waals surface area (Å²) in [6.45, 7) is -0.778. The Morgan fingerprint density at radius 2 is 1.52 bits per heavy atom. The van der Waals surface area contributed by atoms with Gasteiger partial charge in [0.1, 0.15) is 6.04 Å². The van der Waals surface area contributed by atoms with Gasteiger partial charge in [-0.3, -0.25) is 29.4 Å². The molecule has 0 saturated heterocycles. The molecule has 0 aliphatic carbocycles. The van der Waals surface area contributed by atoms with Crippen molar-refractivity contribution in [2.75, 3.05) is 6.61 Å². The number of esters is 1. The van der Waals surface area contributed by atoms with Gasteiger partial charge >= 0.3 is 5.97 Å². The van der Waals surface area contributed by atoms with Gasteiger partial charge in [-0.15, -0.1) is 0 Å². The molecule has 0 radical (unpaired) electrons. The number of imide groups is 2. The van der Waals surface area contributed by atoms with Gasteiger partial charge in [0.2, 0.25) is 0 Å². The summed E-state index contributed by atoms with van der Waals surface area (Å²) < 4.78 is 9.98. The SMILES string of the molecule is O=C(COC(=O)[C@H](Cc1ccccc1)N1C(=O)c2ccccc2C1=O)NC(=O)c1ccco1. The van der Waals surface area contributed by atoms with Crippen LogP contribution >= 0.6 is 0 Å². The molecule has 9 nitrogen and oxygen atoms in total. The number of hydrogen-bond acceptors (Lipinski definition) is 7. The number of nitrogens with zero attached hydrogens (tertiary/aromatic N) is 1. The van der Waals surface area contributed by atoms with Crippen LogP contribution in [0.3, 0.4) is 0 Å². The van der Waals surface area contributed by atoms with E-state index in [4.69, 9.17) is 9.15 Å². The van der Waals surface area contributed by atoms with Crippen LogP contribution in [0.5, 0.6) is 0 Å². The molecule has 166 valence electrons. The third kappa shape index (κ3) is 4.57. The lowest BCUT2D eigenvalue weighted by Crippen LogP contribution is -2.47. The summed E-state index contributed by atoms with van der Waals surface area (Å²) >= 11 is 0. The van der Waals surface area contributed by atoms with Crippen molar-refractivity contribution in [3.05, 3.63) is 95.4 Å². The van der Waals surface area contributed by atoms with Crippen molar-refractivity contribution >= 4 is 29.6 Å². The lowest BCUT2D eigenvalue weighted by molar-refractivity contribution is -0.152. The van der Waals surface area contributed by atoms with Crippen molar-refractivity contribution < 1.29 is 33.1 Å². The van der Waals surface area contributed by atoms with E-state index in [-0.39, 0.29) is 23.3 Å². The van der Waals surface area contributed by atoms with Crippen molar-refractivity contribution in [1.29, 1.82) is 0 Å². The van der Waals surface area contributed by atoms with Crippen molar-refractivity contribution in [2.45, 2.75) is 12.5 Å². The maximum absolute atomic E-state index is 12.9. The minimum Gasteiger partial charge on any atom is -0.459 e. The van der Waals surface area contributed by atoms with Crippen LogP contribution in [0.25, 0.3) is 0 Å². The molecule has 1 aromatic heterocycles. The number of fused-ring (bicyclic) bond motifs is 1. The fraction of sp³-hybridized carbons (Fsp3) is 0.125. The van der Waals surface area contributed by atoms with Gasteiger partial charge in [0.25, 0.3) is 23.6 Å². The molecule has 1 aliphatic rings. The average Bonchev–Trinajstić information content (AvgIpc) is 3.45. The molecule has 0 spiro atoms. The first-order valence-corrected chi connectivity index (χ1v) is 10.0. The highest BCUT2D eigenvalue weighted by Gasteiger charge is 2.43. The maximum atomic E-state index is 12.9. The Balaban J connectivity index is 1.50. The smallest absolute Gasteiger partial charge is 0.330 e. The highest BCUT2D eigenvalue weighted by atomic mass is 16.5. The molecule has 2 aromatic carbocycles. The lowest BCUT2D eigenvalue weighted by Gasteiger charge is -2.24. The number of rotatable bonds is 7. The lowest BCUT2D eigenvalue weighted by atomic mass is 10.0. The predicted molar refractivity (Wildman–Crippen MR) is 113 cm³/mol. The fourth-order valence-electron chi connectivity index (χ4n) is 3.47. The van der Waals surface area contributed by atoms with Gasteiger partial charge in [-0.05, 0) is 29.8 Å². The Bertz CT molecular complexity index is 1180. The number of ether oxygens (including phenoxy) is 1. The molecule has 0 fully saturated rings. The van der Waals surface area contributed by atoms with Crippen LogP contribution < -0.4 is 5.32 Å². The van der Waals surface area contributed by atoms with Crippen LogP contribution in [0.2, 0.25) is 0 Å². The summed E-state index contributed by atoms with van der Waals surface area (Å²) in [5.41, 5.74) is 1.07. The first-order valence-electron chi connectivity index (χ1n) is 10.0. The van der Waals surface area contributed by atoms with E-state index in [2.05, 4.69) is 0 Å². The second-order valence-corrected chi connectivity index (χ2v) is 7.19. The molecule has 33 heavy (non-hydrogen) atoms. The second-order valence-electron chi connectivity index (χ2n) is 7.19. The number of nitrogens with one attached hydrogen (secondary N) is 1. The van der Waals surface area contributed by atoms with E-state index in [9.17, 15) is 24.0 Å². The van der Waals surface area contributed by atoms with E-state index in [1.54, 1.807) is 42.5 Å². The summed E-state index contributed by atoms with van der Waals surface area (Å²) in [6.07, 6.45) is 1.27. The van der Waals surface area contributed by atoms with Crippen molar-refractivity contribution in [1.82, 2.24) is 10.2 Å². The van der Waals surface area contributed by atoms with Gasteiger partial charge in [-0.1, -0.05) is 42.5 Å². The first kappa shape index (κ1) is 21.7. The van der Waals surface area contributed by atoms with Gasteiger partial charge in [0.05, 0.1) is 17.4 Å². The van der Waals surface area contributed by atoms with Crippen LogP contribution in [-0.4, -0.2) is 47.1 Å². The van der Waals surface area contributed by atoms with E-state index >= 15 is 0 Å². The Labute approximate surface area is 187 Å². The quantitative estimate of drug-likeness (QED) is 0.435. The standard InChI is InChI=1S/C24H18N2O7/c27-20(25-21(28)19-11-6-12-32-19)14-33-24(31)18(13-15-7-2-1-3-8-15)26-22(29)16-9-4-5-10-17(16)23(26)30/h1-12,18H,13-14H2,(H,25,27,28)/t18-/m0/s1. The van der Waals surface area contributed by atoms with Crippen molar-refractivity contribution in [3.8, 4) is 0 Å². The minimum atomic E-state index is -1.30. The zero-order valence-corrected chi connectivity index (χ0v) is 17.2. The number of hydrogen-bond donors (Lipinski definition) is 1. The molecule has 0 saturated carbocycles. The van der Waals surface area contributed by atoms with E-state index in [1.165, 1.54) is 30.5 Å². The van der Waals surface area contributed by atoms with Gasteiger partial charge < -0.3 is 9.15 Å². The fourth-order valence-corrected chi connectivity index (χ4v) is 3.47. The summed E-state index contributed by atoms with van der Waals surface area (Å²) in [7, 11) is 0. The van der Waals surface area contributed by atoms with Crippen LogP contribution in [0.1, 0.15) is 36.8 Å². The largest absolute Gasteiger partial charge is 0.459 e. The van der Waals surface area contributed by atoms with Crippen molar-refractivity contribution in [2.24, 2.45) is 0 Å². The topological polar surface area (TPSA) is 123 Å². The summed E-state index contributed by atoms with van der Waals surface area (Å²) in [5, 5.41) is 2.03. The highest BCUT2D eigenvalue weighted by molar-refractivity contribution is 6.22. The molecule has 2 heterocycles. The van der Waals surface area contributed by atoms with E-state index in [0.29, 0.717) is 5.56 Å². The normalized spacial score (nSPS) is 13.4. The first-order chi connectivity index (χ1) is 16.0. The molecule has 1 N–H and O–H groups in total. The van der Waals surface area contributed by atoms with Crippen LogP contribution in [0, 0.1) is 0 Å². The summed E-state index contributed by atoms with van der Waals surface area (Å²) in [5.74, 6) is -3.94. The zero-order chi connectivity index (χ0) is 23.4. The molecule has 4 amide bonds. The van der Waals surface area contributed by atoms with Gasteiger partial charge in [0.15, 0.2) is 12.4 Å². The van der Waals surface area contributed by atoms with Gasteiger partial charge in [-0.25, -0.2) is 4.79 Å². The summed E-state index contributed by atoms with van der Waals surface area (Å²) in [4.78, 5) is 63.6. The molecular weight excluding hydrogens is 428 g/mol. The van der Waals surface area contributed by atoms with Crippen molar-refractivity contribution in [3.63, 3.8) is 0 Å². The van der Waals surface area contributed by atoms with E-state index in [1.807, 2.05) is 5.32 Å². The van der Waals surface area contributed by atoms with Crippen LogP contribution in [-0.2, 0) is 20.7 Å². The Morgan fingerprint density at radius 3 is 2.12 bits per heavy atom. The second kappa shape index (κ2) is 9.31.